The van der Waals surface area contributed by atoms with Crippen molar-refractivity contribution in [2.45, 2.75) is 52.0 Å². The number of amides is 1. The van der Waals surface area contributed by atoms with Crippen molar-refractivity contribution < 1.29 is 4.79 Å². The molecule has 0 bridgehead atoms. The largest absolute Gasteiger partial charge is 0.369 e. The van der Waals surface area contributed by atoms with E-state index in [2.05, 4.69) is 53.5 Å². The highest BCUT2D eigenvalue weighted by molar-refractivity contribution is 9.10. The highest BCUT2D eigenvalue weighted by Crippen LogP contribution is 2.29. The fraction of sp³-hybridized carbons (Fsp3) is 0.667. The van der Waals surface area contributed by atoms with Gasteiger partial charge in [0.05, 0.1) is 5.92 Å². The number of rotatable bonds is 2. The third-order valence-electron chi connectivity index (χ3n) is 3.93. The number of carbonyl (C=O) groups is 1. The molecule has 2 heterocycles. The summed E-state index contributed by atoms with van der Waals surface area (Å²) in [5.74, 6) is 1.32. The van der Waals surface area contributed by atoms with Crippen molar-refractivity contribution in [1.29, 1.82) is 0 Å². The van der Waals surface area contributed by atoms with Gasteiger partial charge in [0.1, 0.15) is 16.2 Å². The zero-order valence-corrected chi connectivity index (χ0v) is 14.6. The van der Waals surface area contributed by atoms with Crippen LogP contribution in [-0.2, 0) is 10.2 Å². The molecule has 2 atom stereocenters. The molecule has 6 heteroatoms. The Morgan fingerprint density at radius 2 is 2.05 bits per heavy atom. The molecule has 0 saturated carbocycles. The number of halogens is 1. The van der Waals surface area contributed by atoms with E-state index < -0.39 is 0 Å². The Morgan fingerprint density at radius 3 is 2.62 bits per heavy atom. The van der Waals surface area contributed by atoms with Crippen LogP contribution in [0, 0.1) is 5.92 Å². The molecule has 0 aliphatic carbocycles. The average Bonchev–Trinajstić information content (AvgIpc) is 2.37. The lowest BCUT2D eigenvalue weighted by molar-refractivity contribution is -0.122. The Morgan fingerprint density at radius 1 is 1.38 bits per heavy atom. The summed E-state index contributed by atoms with van der Waals surface area (Å²) < 4.78 is 0.769. The lowest BCUT2D eigenvalue weighted by atomic mass is 9.92. The highest BCUT2D eigenvalue weighted by Gasteiger charge is 2.30. The van der Waals surface area contributed by atoms with Crippen molar-refractivity contribution >= 4 is 27.7 Å². The van der Waals surface area contributed by atoms with Crippen LogP contribution >= 0.6 is 15.9 Å². The van der Waals surface area contributed by atoms with Crippen molar-refractivity contribution in [3.8, 4) is 0 Å². The van der Waals surface area contributed by atoms with Crippen molar-refractivity contribution in [2.24, 2.45) is 11.7 Å². The van der Waals surface area contributed by atoms with Gasteiger partial charge in [0.25, 0.3) is 0 Å². The van der Waals surface area contributed by atoms with E-state index in [-0.39, 0.29) is 17.2 Å². The summed E-state index contributed by atoms with van der Waals surface area (Å²) in [6.45, 7) is 9.05. The molecule has 1 aliphatic rings. The van der Waals surface area contributed by atoms with E-state index in [1.807, 2.05) is 6.07 Å². The van der Waals surface area contributed by atoms with E-state index in [1.54, 1.807) is 0 Å². The molecule has 0 radical (unpaired) electrons. The molecule has 2 rings (SSSR count). The van der Waals surface area contributed by atoms with Crippen LogP contribution in [0.2, 0.25) is 0 Å². The number of piperidine rings is 1. The number of hydrogen-bond donors (Lipinski definition) is 1. The molecule has 0 spiro atoms. The quantitative estimate of drug-likeness (QED) is 0.828. The number of aromatic nitrogens is 2. The van der Waals surface area contributed by atoms with E-state index in [1.165, 1.54) is 0 Å². The van der Waals surface area contributed by atoms with Gasteiger partial charge in [-0.1, -0.05) is 20.8 Å². The normalized spacial score (nSPS) is 23.2. The van der Waals surface area contributed by atoms with E-state index in [9.17, 15) is 4.79 Å². The first kappa shape index (κ1) is 16.2. The molecule has 21 heavy (non-hydrogen) atoms. The number of nitrogens with two attached hydrogens (primary N) is 1. The third-order valence-corrected chi connectivity index (χ3v) is 4.34. The Balaban J connectivity index is 2.35. The second-order valence-electron chi connectivity index (χ2n) is 6.80. The molecular weight excluding hydrogens is 332 g/mol. The molecule has 1 aliphatic heterocycles. The minimum absolute atomic E-state index is 0.104. The average molecular weight is 355 g/mol. The number of anilines is 1. The summed E-state index contributed by atoms with van der Waals surface area (Å²) in [4.78, 5) is 22.8. The van der Waals surface area contributed by atoms with Crippen LogP contribution < -0.4 is 10.6 Å². The topological polar surface area (TPSA) is 72.1 Å². The fourth-order valence-electron chi connectivity index (χ4n) is 2.55. The number of hydrogen-bond acceptors (Lipinski definition) is 4. The van der Waals surface area contributed by atoms with Crippen LogP contribution in [0.15, 0.2) is 10.7 Å². The second kappa shape index (κ2) is 5.91. The predicted octanol–water partition coefficient (Wildman–Crippen LogP) is 2.63. The van der Waals surface area contributed by atoms with Crippen molar-refractivity contribution in [2.75, 3.05) is 11.4 Å². The molecule has 2 N–H and O–H groups in total. The highest BCUT2D eigenvalue weighted by atomic mass is 79.9. The number of carbonyl (C=O) groups excluding carboxylic acids is 1. The number of nitrogens with zero attached hydrogens (tertiary/aromatic N) is 3. The Hall–Kier alpha value is -1.17. The molecule has 1 aromatic heterocycles. The van der Waals surface area contributed by atoms with Gasteiger partial charge in [-0.15, -0.1) is 0 Å². The summed E-state index contributed by atoms with van der Waals surface area (Å²) in [5, 5.41) is 0. The lowest BCUT2D eigenvalue weighted by Crippen LogP contribution is -2.46. The first-order chi connectivity index (χ1) is 9.68. The van der Waals surface area contributed by atoms with E-state index >= 15 is 0 Å². The zero-order valence-electron chi connectivity index (χ0n) is 13.1. The van der Waals surface area contributed by atoms with Gasteiger partial charge >= 0.3 is 0 Å². The first-order valence-corrected chi connectivity index (χ1v) is 8.09. The molecular formula is C15H23BrN4O. The monoisotopic (exact) mass is 354 g/mol. The molecule has 1 fully saturated rings. The van der Waals surface area contributed by atoms with Gasteiger partial charge < -0.3 is 10.6 Å². The lowest BCUT2D eigenvalue weighted by Gasteiger charge is -2.38. The molecule has 0 aromatic carbocycles. The fourth-order valence-corrected chi connectivity index (χ4v) is 2.92. The van der Waals surface area contributed by atoms with Gasteiger partial charge in [-0.2, -0.15) is 0 Å². The zero-order chi connectivity index (χ0) is 15.8. The molecule has 1 amide bonds. The van der Waals surface area contributed by atoms with Gasteiger partial charge in [-0.3, -0.25) is 4.79 Å². The van der Waals surface area contributed by atoms with E-state index in [0.717, 1.165) is 29.1 Å². The van der Waals surface area contributed by atoms with Gasteiger partial charge in [0.2, 0.25) is 5.91 Å². The summed E-state index contributed by atoms with van der Waals surface area (Å²) >= 11 is 3.47. The smallest absolute Gasteiger partial charge is 0.222 e. The van der Waals surface area contributed by atoms with Crippen LogP contribution in [0.4, 0.5) is 5.82 Å². The van der Waals surface area contributed by atoms with Gasteiger partial charge in [-0.05, 0) is 35.7 Å². The van der Waals surface area contributed by atoms with Crippen molar-refractivity contribution in [3.05, 3.63) is 16.5 Å². The maximum Gasteiger partial charge on any atom is 0.222 e. The minimum atomic E-state index is -0.226. The SMILES string of the molecule is CC1CCC(C(N)=O)CN1c1cc(Br)nc(C(C)(C)C)n1. The minimum Gasteiger partial charge on any atom is -0.369 e. The summed E-state index contributed by atoms with van der Waals surface area (Å²) in [7, 11) is 0. The Labute approximate surface area is 134 Å². The summed E-state index contributed by atoms with van der Waals surface area (Å²) in [6, 6.07) is 2.25. The van der Waals surface area contributed by atoms with E-state index in [4.69, 9.17) is 10.7 Å². The van der Waals surface area contributed by atoms with Gasteiger partial charge in [0, 0.05) is 24.1 Å². The Kier molecular flexibility index (Phi) is 4.56. The van der Waals surface area contributed by atoms with E-state index in [0.29, 0.717) is 12.6 Å². The van der Waals surface area contributed by atoms with Gasteiger partial charge in [-0.25, -0.2) is 9.97 Å². The van der Waals surface area contributed by atoms with Gasteiger partial charge in [0.15, 0.2) is 0 Å². The maximum atomic E-state index is 11.5. The molecule has 1 aromatic rings. The second-order valence-corrected chi connectivity index (χ2v) is 7.61. The van der Waals surface area contributed by atoms with Crippen molar-refractivity contribution in [3.63, 3.8) is 0 Å². The van der Waals surface area contributed by atoms with Crippen LogP contribution in [-0.4, -0.2) is 28.5 Å². The van der Waals surface area contributed by atoms with Crippen LogP contribution in [0.1, 0.15) is 46.4 Å². The van der Waals surface area contributed by atoms with Crippen LogP contribution in [0.3, 0.4) is 0 Å². The third kappa shape index (κ3) is 3.73. The van der Waals surface area contributed by atoms with Crippen LogP contribution in [0.5, 0.6) is 0 Å². The molecule has 1 saturated heterocycles. The summed E-state index contributed by atoms with van der Waals surface area (Å²) in [6.07, 6.45) is 1.80. The summed E-state index contributed by atoms with van der Waals surface area (Å²) in [5.41, 5.74) is 5.35. The molecule has 116 valence electrons. The standard InChI is InChI=1S/C15H23BrN4O/c1-9-5-6-10(13(17)21)8-20(9)12-7-11(16)18-14(19-12)15(2,3)4/h7,9-10H,5-6,8H2,1-4H3,(H2,17,21). The Bertz CT molecular complexity index is 541. The van der Waals surface area contributed by atoms with Crippen LogP contribution in [0.25, 0.3) is 0 Å². The number of primary amides is 1. The molecule has 2 unspecified atom stereocenters. The molecule has 5 nitrogen and oxygen atoms in total. The maximum absolute atomic E-state index is 11.5. The predicted molar refractivity (Wildman–Crippen MR) is 87.2 cm³/mol. The van der Waals surface area contributed by atoms with Crippen molar-refractivity contribution in [1.82, 2.24) is 9.97 Å². The first-order valence-electron chi connectivity index (χ1n) is 7.29.